The topological polar surface area (TPSA) is 70.5 Å². The second-order valence-electron chi connectivity index (χ2n) is 9.42. The van der Waals surface area contributed by atoms with Crippen LogP contribution in [-0.2, 0) is 9.59 Å². The summed E-state index contributed by atoms with van der Waals surface area (Å²) in [5.41, 5.74) is 5.21. The predicted octanol–water partition coefficient (Wildman–Crippen LogP) is 7.32. The number of halogens is 1. The van der Waals surface area contributed by atoms with Crippen molar-refractivity contribution in [1.29, 1.82) is 0 Å². The first-order valence-electron chi connectivity index (χ1n) is 11.7. The smallest absolute Gasteiger partial charge is 0.301 e. The molecule has 0 saturated carbocycles. The summed E-state index contributed by atoms with van der Waals surface area (Å²) in [5, 5.41) is 12.2. The van der Waals surface area contributed by atoms with Gasteiger partial charge in [-0.25, -0.2) is 4.98 Å². The van der Waals surface area contributed by atoms with Crippen molar-refractivity contribution in [3.8, 4) is 0 Å². The number of thiazole rings is 1. The van der Waals surface area contributed by atoms with E-state index in [2.05, 4.69) is 13.8 Å². The summed E-state index contributed by atoms with van der Waals surface area (Å²) in [6.07, 6.45) is 0. The molecule has 182 valence electrons. The van der Waals surface area contributed by atoms with Gasteiger partial charge in [0.05, 0.1) is 21.8 Å². The summed E-state index contributed by atoms with van der Waals surface area (Å²) in [4.78, 5) is 33.1. The number of rotatable bonds is 4. The minimum absolute atomic E-state index is 0.0341. The van der Waals surface area contributed by atoms with Crippen LogP contribution in [0.25, 0.3) is 16.0 Å². The lowest BCUT2D eigenvalue weighted by Gasteiger charge is -2.23. The quantitative estimate of drug-likeness (QED) is 0.175. The maximum Gasteiger partial charge on any atom is 0.301 e. The molecule has 5 nitrogen and oxygen atoms in total. The summed E-state index contributed by atoms with van der Waals surface area (Å²) in [6, 6.07) is 17.6. The largest absolute Gasteiger partial charge is 0.507 e. The molecule has 3 aromatic carbocycles. The number of aromatic nitrogens is 1. The van der Waals surface area contributed by atoms with E-state index in [4.69, 9.17) is 16.6 Å². The van der Waals surface area contributed by atoms with Crippen molar-refractivity contribution in [3.63, 3.8) is 0 Å². The van der Waals surface area contributed by atoms with Gasteiger partial charge in [-0.3, -0.25) is 14.5 Å². The van der Waals surface area contributed by atoms with E-state index >= 15 is 0 Å². The van der Waals surface area contributed by atoms with Crippen molar-refractivity contribution in [3.05, 3.63) is 99.1 Å². The third kappa shape index (κ3) is 4.10. The van der Waals surface area contributed by atoms with E-state index in [9.17, 15) is 14.7 Å². The number of aliphatic hydroxyl groups excluding tert-OH is 1. The molecule has 1 N–H and O–H groups in total. The first kappa shape index (κ1) is 24.2. The maximum absolute atomic E-state index is 13.5. The minimum atomic E-state index is -0.816. The molecule has 0 aliphatic carbocycles. The number of benzene rings is 3. The Morgan fingerprint density at radius 2 is 1.69 bits per heavy atom. The first-order valence-corrected chi connectivity index (χ1v) is 12.9. The Morgan fingerprint density at radius 3 is 2.33 bits per heavy atom. The number of carbonyl (C=O) groups is 2. The lowest BCUT2D eigenvalue weighted by molar-refractivity contribution is -0.132. The molecule has 36 heavy (non-hydrogen) atoms. The van der Waals surface area contributed by atoms with E-state index in [1.807, 2.05) is 50.2 Å². The van der Waals surface area contributed by atoms with E-state index < -0.39 is 17.7 Å². The van der Waals surface area contributed by atoms with Gasteiger partial charge in [0.25, 0.3) is 5.78 Å². The molecule has 0 unspecified atom stereocenters. The van der Waals surface area contributed by atoms with Crippen LogP contribution in [0.5, 0.6) is 0 Å². The standard InChI is InChI=1S/C29H25ClN2O3S/c1-15(2)18-5-7-19(8-6-18)25-23(26(33)20-9-11-21(30)12-10-20)27(34)28(35)32(25)29-31-24-17(4)13-16(3)14-22(24)36-29/h5-15,25,33H,1-4H3/t25-/m0/s1. The lowest BCUT2D eigenvalue weighted by Crippen LogP contribution is -2.29. The molecule has 1 atom stereocenters. The minimum Gasteiger partial charge on any atom is -0.507 e. The van der Waals surface area contributed by atoms with Crippen molar-refractivity contribution < 1.29 is 14.7 Å². The second kappa shape index (κ2) is 9.19. The van der Waals surface area contributed by atoms with Crippen LogP contribution >= 0.6 is 22.9 Å². The zero-order chi connectivity index (χ0) is 25.7. The molecule has 0 bridgehead atoms. The Bertz CT molecular complexity index is 1540. The highest BCUT2D eigenvalue weighted by atomic mass is 35.5. The first-order chi connectivity index (χ1) is 17.2. The molecule has 0 spiro atoms. The van der Waals surface area contributed by atoms with Crippen LogP contribution in [-0.4, -0.2) is 21.8 Å². The summed E-state index contributed by atoms with van der Waals surface area (Å²) in [7, 11) is 0. The second-order valence-corrected chi connectivity index (χ2v) is 10.9. The predicted molar refractivity (Wildman–Crippen MR) is 146 cm³/mol. The highest BCUT2D eigenvalue weighted by molar-refractivity contribution is 7.22. The summed E-state index contributed by atoms with van der Waals surface area (Å²) in [6.45, 7) is 8.20. The van der Waals surface area contributed by atoms with Crippen LogP contribution in [0.2, 0.25) is 5.02 Å². The van der Waals surface area contributed by atoms with Gasteiger partial charge < -0.3 is 5.11 Å². The average Bonchev–Trinajstić information content (AvgIpc) is 3.38. The van der Waals surface area contributed by atoms with Gasteiger partial charge in [-0.1, -0.05) is 67.1 Å². The fraction of sp³-hybridized carbons (Fsp3) is 0.207. The number of hydrogen-bond acceptors (Lipinski definition) is 5. The number of hydrogen-bond donors (Lipinski definition) is 1. The zero-order valence-corrected chi connectivity index (χ0v) is 21.9. The Kier molecular flexibility index (Phi) is 6.18. The number of nitrogens with zero attached hydrogens (tertiary/aromatic N) is 2. The molecule has 7 heteroatoms. The van der Waals surface area contributed by atoms with Crippen LogP contribution < -0.4 is 4.90 Å². The molecule has 1 aromatic heterocycles. The zero-order valence-electron chi connectivity index (χ0n) is 20.4. The molecule has 2 heterocycles. The van der Waals surface area contributed by atoms with Crippen molar-refractivity contribution in [2.24, 2.45) is 0 Å². The van der Waals surface area contributed by atoms with Crippen LogP contribution in [0.15, 0.2) is 66.2 Å². The van der Waals surface area contributed by atoms with Crippen LogP contribution in [0.3, 0.4) is 0 Å². The summed E-state index contributed by atoms with van der Waals surface area (Å²) < 4.78 is 0.941. The normalized spacial score (nSPS) is 17.5. The van der Waals surface area contributed by atoms with Gasteiger partial charge in [-0.2, -0.15) is 0 Å². The van der Waals surface area contributed by atoms with Crippen LogP contribution in [0, 0.1) is 13.8 Å². The molecule has 4 aromatic rings. The van der Waals surface area contributed by atoms with Gasteiger partial charge in [0.1, 0.15) is 5.76 Å². The van der Waals surface area contributed by atoms with Gasteiger partial charge in [0.15, 0.2) is 5.13 Å². The van der Waals surface area contributed by atoms with Crippen LogP contribution in [0.4, 0.5) is 5.13 Å². The van der Waals surface area contributed by atoms with Gasteiger partial charge in [-0.05, 0) is 72.4 Å². The van der Waals surface area contributed by atoms with E-state index in [-0.39, 0.29) is 11.3 Å². The number of fused-ring (bicyclic) bond motifs is 1. The fourth-order valence-electron chi connectivity index (χ4n) is 4.63. The number of carbonyl (C=O) groups excluding carboxylic acids is 2. The number of amides is 1. The molecule has 0 radical (unpaired) electrons. The molecule has 5 rings (SSSR count). The lowest BCUT2D eigenvalue weighted by atomic mass is 9.93. The van der Waals surface area contributed by atoms with Crippen molar-refractivity contribution in [1.82, 2.24) is 4.98 Å². The summed E-state index contributed by atoms with van der Waals surface area (Å²) >= 11 is 7.39. The van der Waals surface area contributed by atoms with E-state index in [0.717, 1.165) is 32.5 Å². The van der Waals surface area contributed by atoms with E-state index in [1.54, 1.807) is 24.3 Å². The SMILES string of the molecule is Cc1cc(C)c2nc(N3C(=O)C(=O)C(=C(O)c4ccc(Cl)cc4)[C@@H]3c3ccc(C(C)C)cc3)sc2c1. The van der Waals surface area contributed by atoms with Gasteiger partial charge >= 0.3 is 5.91 Å². The molecule has 1 aliphatic rings. The highest BCUT2D eigenvalue weighted by Gasteiger charge is 2.48. The Morgan fingerprint density at radius 1 is 1.03 bits per heavy atom. The highest BCUT2D eigenvalue weighted by Crippen LogP contribution is 2.45. The van der Waals surface area contributed by atoms with Crippen molar-refractivity contribution in [2.45, 2.75) is 39.7 Å². The van der Waals surface area contributed by atoms with Gasteiger partial charge in [0, 0.05) is 10.6 Å². The monoisotopic (exact) mass is 516 g/mol. The van der Waals surface area contributed by atoms with Crippen molar-refractivity contribution in [2.75, 3.05) is 4.90 Å². The molecule has 1 saturated heterocycles. The number of ketones is 1. The Hall–Kier alpha value is -3.48. The molecule has 1 fully saturated rings. The Labute approximate surface area is 218 Å². The number of aliphatic hydroxyl groups is 1. The fourth-order valence-corrected chi connectivity index (χ4v) is 5.93. The third-order valence-corrected chi connectivity index (χ3v) is 7.76. The molecular weight excluding hydrogens is 492 g/mol. The van der Waals surface area contributed by atoms with Crippen molar-refractivity contribution >= 4 is 55.7 Å². The number of anilines is 1. The van der Waals surface area contributed by atoms with Gasteiger partial charge in [-0.15, -0.1) is 0 Å². The third-order valence-electron chi connectivity index (χ3n) is 6.51. The van der Waals surface area contributed by atoms with Crippen LogP contribution in [0.1, 0.15) is 53.6 Å². The molecule has 1 amide bonds. The number of Topliss-reactive ketones (excluding diaryl/α,β-unsaturated/α-hetero) is 1. The molecular formula is C29H25ClN2O3S. The number of aryl methyl sites for hydroxylation is 2. The summed E-state index contributed by atoms with van der Waals surface area (Å²) in [5.74, 6) is -1.36. The Balaban J connectivity index is 1.73. The van der Waals surface area contributed by atoms with E-state index in [0.29, 0.717) is 21.6 Å². The molecule has 1 aliphatic heterocycles. The van der Waals surface area contributed by atoms with E-state index in [1.165, 1.54) is 16.2 Å². The maximum atomic E-state index is 13.5. The average molecular weight is 517 g/mol. The van der Waals surface area contributed by atoms with Gasteiger partial charge in [0.2, 0.25) is 0 Å².